The van der Waals surface area contributed by atoms with E-state index in [0.717, 1.165) is 30.4 Å². The molecule has 1 fully saturated rings. The largest absolute Gasteiger partial charge is 0.593 e. The molecule has 4 rings (SSSR count). The van der Waals surface area contributed by atoms with E-state index in [9.17, 15) is 21.9 Å². The SMILES string of the molecule is O=[S+]([O-])(NC1CCCN(c2ccnc3ccnn23)C1)c1cccc(C(F)(F)F)c1. The number of anilines is 1. The fraction of sp³-hybridized carbons (Fsp3) is 0.333. The molecule has 0 spiro atoms. The molecule has 3 aromatic rings. The van der Waals surface area contributed by atoms with Crippen LogP contribution in [0, 0.1) is 0 Å². The average Bonchev–Trinajstić information content (AvgIpc) is 3.16. The molecule has 1 saturated heterocycles. The van der Waals surface area contributed by atoms with Gasteiger partial charge in [0.25, 0.3) is 0 Å². The molecule has 1 aliphatic heterocycles. The van der Waals surface area contributed by atoms with Gasteiger partial charge >= 0.3 is 6.18 Å². The lowest BCUT2D eigenvalue weighted by Crippen LogP contribution is -2.50. The van der Waals surface area contributed by atoms with Crippen molar-refractivity contribution in [1.29, 1.82) is 0 Å². The Balaban J connectivity index is 1.53. The van der Waals surface area contributed by atoms with Crippen molar-refractivity contribution in [2.75, 3.05) is 18.0 Å². The number of benzene rings is 1. The second-order valence-electron chi connectivity index (χ2n) is 6.84. The number of alkyl halides is 3. The van der Waals surface area contributed by atoms with Gasteiger partial charge in [-0.05, 0) is 31.0 Å². The predicted octanol–water partition coefficient (Wildman–Crippen LogP) is 2.91. The van der Waals surface area contributed by atoms with Crippen molar-refractivity contribution in [3.63, 3.8) is 0 Å². The van der Waals surface area contributed by atoms with Crippen LogP contribution in [0.4, 0.5) is 19.0 Å². The number of piperidine rings is 1. The molecule has 0 bridgehead atoms. The third-order valence-electron chi connectivity index (χ3n) is 4.81. The molecule has 1 aliphatic rings. The van der Waals surface area contributed by atoms with Crippen LogP contribution in [0.3, 0.4) is 0 Å². The highest BCUT2D eigenvalue weighted by Crippen LogP contribution is 2.31. The lowest BCUT2D eigenvalue weighted by molar-refractivity contribution is -0.137. The fourth-order valence-electron chi connectivity index (χ4n) is 3.47. The zero-order valence-electron chi connectivity index (χ0n) is 15.2. The number of nitrogens with zero attached hydrogens (tertiary/aromatic N) is 4. The summed E-state index contributed by atoms with van der Waals surface area (Å²) in [6.07, 6.45) is -0.0150. The molecular formula is C18H18F3N5O2S. The number of nitrogens with one attached hydrogen (secondary N) is 1. The molecule has 1 aromatic carbocycles. The van der Waals surface area contributed by atoms with Crippen LogP contribution in [0.5, 0.6) is 0 Å². The molecule has 11 heteroatoms. The first-order valence-corrected chi connectivity index (χ1v) is 10.5. The smallest absolute Gasteiger partial charge is 0.416 e. The van der Waals surface area contributed by atoms with Gasteiger partial charge < -0.3 is 9.45 Å². The van der Waals surface area contributed by atoms with Crippen molar-refractivity contribution in [3.05, 3.63) is 54.4 Å². The van der Waals surface area contributed by atoms with Gasteiger partial charge in [0, 0.05) is 31.4 Å². The molecule has 2 atom stereocenters. The standard InChI is InChI=1S/C18H18F3N5O2S/c19-18(20,21)13-3-1-5-15(11-13)29(27,28)24-14-4-2-10-25(12-14)17-7-8-22-16-6-9-23-26(16)17/h1,3,5-9,11,14H,2,4,10,12H2,(H-,24,27,28). The van der Waals surface area contributed by atoms with E-state index in [2.05, 4.69) is 14.8 Å². The van der Waals surface area contributed by atoms with E-state index in [-0.39, 0.29) is 0 Å². The van der Waals surface area contributed by atoms with E-state index in [4.69, 9.17) is 0 Å². The number of hydrogen-bond acceptors (Lipinski definition) is 5. The summed E-state index contributed by atoms with van der Waals surface area (Å²) in [5.41, 5.74) is -0.322. The highest BCUT2D eigenvalue weighted by atomic mass is 32.3. The van der Waals surface area contributed by atoms with E-state index >= 15 is 0 Å². The number of hydrogen-bond donors (Lipinski definition) is 1. The quantitative estimate of drug-likeness (QED) is 0.650. The zero-order chi connectivity index (χ0) is 20.6. The summed E-state index contributed by atoms with van der Waals surface area (Å²) in [4.78, 5) is 5.80. The molecule has 29 heavy (non-hydrogen) atoms. The van der Waals surface area contributed by atoms with E-state index in [1.807, 2.05) is 4.90 Å². The van der Waals surface area contributed by atoms with E-state index < -0.39 is 33.1 Å². The summed E-state index contributed by atoms with van der Waals surface area (Å²) in [6, 6.07) is 6.87. The van der Waals surface area contributed by atoms with Crippen LogP contribution in [0.2, 0.25) is 0 Å². The van der Waals surface area contributed by atoms with Gasteiger partial charge in [-0.1, -0.05) is 10.3 Å². The van der Waals surface area contributed by atoms with Gasteiger partial charge in [0.2, 0.25) is 0 Å². The Bertz CT molecular complexity index is 1070. The van der Waals surface area contributed by atoms with Crippen LogP contribution in [0.1, 0.15) is 18.4 Å². The summed E-state index contributed by atoms with van der Waals surface area (Å²) < 4.78 is 68.3. The number of sulfonamides is 1. The predicted molar refractivity (Wildman–Crippen MR) is 99.9 cm³/mol. The third-order valence-corrected chi connectivity index (χ3v) is 6.33. The minimum Gasteiger partial charge on any atom is -0.593 e. The Morgan fingerprint density at radius 2 is 2.03 bits per heavy atom. The minimum absolute atomic E-state index is 0.372. The minimum atomic E-state index is -4.61. The van der Waals surface area contributed by atoms with Crippen LogP contribution in [0.25, 0.3) is 5.65 Å². The van der Waals surface area contributed by atoms with Crippen molar-refractivity contribution in [3.8, 4) is 0 Å². The second-order valence-corrected chi connectivity index (χ2v) is 8.55. The number of halogens is 3. The molecule has 0 amide bonds. The van der Waals surface area contributed by atoms with Crippen LogP contribution in [-0.2, 0) is 20.8 Å². The first-order valence-electron chi connectivity index (χ1n) is 8.97. The highest BCUT2D eigenvalue weighted by molar-refractivity contribution is 7.95. The Morgan fingerprint density at radius 3 is 2.83 bits per heavy atom. The molecule has 0 aliphatic carbocycles. The Hall–Kier alpha value is -2.50. The van der Waals surface area contributed by atoms with Gasteiger partial charge in [-0.3, -0.25) is 0 Å². The molecular weight excluding hydrogens is 407 g/mol. The van der Waals surface area contributed by atoms with Crippen LogP contribution < -0.4 is 9.62 Å². The average molecular weight is 425 g/mol. The van der Waals surface area contributed by atoms with Gasteiger partial charge in [-0.2, -0.15) is 22.8 Å². The summed E-state index contributed by atoms with van der Waals surface area (Å²) >= 11 is 0. The maximum Gasteiger partial charge on any atom is 0.416 e. The van der Waals surface area contributed by atoms with E-state index in [0.29, 0.717) is 31.2 Å². The van der Waals surface area contributed by atoms with Gasteiger partial charge in [0.05, 0.1) is 17.8 Å². The van der Waals surface area contributed by atoms with Crippen molar-refractivity contribution in [2.24, 2.45) is 0 Å². The van der Waals surface area contributed by atoms with Crippen molar-refractivity contribution >= 4 is 21.9 Å². The van der Waals surface area contributed by atoms with E-state index in [1.54, 1.807) is 29.0 Å². The van der Waals surface area contributed by atoms with Crippen molar-refractivity contribution in [1.82, 2.24) is 19.3 Å². The normalized spacial score (nSPS) is 20.0. The third kappa shape index (κ3) is 4.11. The molecule has 7 nitrogen and oxygen atoms in total. The molecule has 154 valence electrons. The first-order chi connectivity index (χ1) is 13.7. The maximum atomic E-state index is 12.9. The topological polar surface area (TPSA) is 85.6 Å². The molecule has 3 heterocycles. The summed E-state index contributed by atoms with van der Waals surface area (Å²) in [5.74, 6) is 0.781. The molecule has 1 N–H and O–H groups in total. The summed E-state index contributed by atoms with van der Waals surface area (Å²) in [6.45, 7) is 1.08. The van der Waals surface area contributed by atoms with Crippen LogP contribution in [-0.4, -0.2) is 38.3 Å². The first kappa shape index (κ1) is 19.8. The Labute approximate surface area is 165 Å². The monoisotopic (exact) mass is 425 g/mol. The number of rotatable bonds is 4. The molecule has 0 radical (unpaired) electrons. The fourth-order valence-corrected chi connectivity index (χ4v) is 4.78. The van der Waals surface area contributed by atoms with Crippen LogP contribution >= 0.6 is 0 Å². The van der Waals surface area contributed by atoms with E-state index in [1.165, 1.54) is 0 Å². The van der Waals surface area contributed by atoms with Gasteiger partial charge in [-0.25, -0.2) is 4.98 Å². The molecule has 2 unspecified atom stereocenters. The summed E-state index contributed by atoms with van der Waals surface area (Å²) in [7, 11) is -4.09. The number of aromatic nitrogens is 3. The zero-order valence-corrected chi connectivity index (χ0v) is 16.0. The van der Waals surface area contributed by atoms with Gasteiger partial charge in [0.1, 0.15) is 5.82 Å². The second kappa shape index (κ2) is 7.39. The van der Waals surface area contributed by atoms with Gasteiger partial charge in [-0.15, -0.1) is 4.72 Å². The molecule has 2 aromatic heterocycles. The maximum absolute atomic E-state index is 12.9. The molecule has 0 saturated carbocycles. The lowest BCUT2D eigenvalue weighted by atomic mass is 10.1. The lowest BCUT2D eigenvalue weighted by Gasteiger charge is -2.34. The summed E-state index contributed by atoms with van der Waals surface area (Å²) in [5, 5.41) is 4.24. The van der Waals surface area contributed by atoms with Gasteiger partial charge in [0.15, 0.2) is 20.9 Å². The van der Waals surface area contributed by atoms with Crippen LogP contribution in [0.15, 0.2) is 53.7 Å². The number of fused-ring (bicyclic) bond motifs is 1. The Kier molecular flexibility index (Phi) is 5.05. The Morgan fingerprint density at radius 1 is 1.21 bits per heavy atom. The van der Waals surface area contributed by atoms with Crippen molar-refractivity contribution < 1.29 is 21.9 Å². The highest BCUT2D eigenvalue weighted by Gasteiger charge is 2.34. The van der Waals surface area contributed by atoms with Crippen molar-refractivity contribution in [2.45, 2.75) is 30.0 Å².